The van der Waals surface area contributed by atoms with Gasteiger partial charge < -0.3 is 4.90 Å². The Kier molecular flexibility index (Phi) is 5.91. The molecule has 1 aromatic heterocycles. The molecule has 0 radical (unpaired) electrons. The third kappa shape index (κ3) is 4.36. The predicted molar refractivity (Wildman–Crippen MR) is 105 cm³/mol. The number of benzene rings is 2. The summed E-state index contributed by atoms with van der Waals surface area (Å²) in [5.74, 6) is 0.0823. The summed E-state index contributed by atoms with van der Waals surface area (Å²) in [5, 5.41) is 8.73. The number of hydrogen-bond acceptors (Lipinski definition) is 4. The molecule has 0 saturated carbocycles. The fourth-order valence-electron chi connectivity index (χ4n) is 2.70. The Labute approximate surface area is 162 Å². The monoisotopic (exact) mass is 384 g/mol. The van der Waals surface area contributed by atoms with Crippen molar-refractivity contribution < 1.29 is 9.18 Å². The molecule has 140 valence electrons. The van der Waals surface area contributed by atoms with Gasteiger partial charge in [-0.1, -0.05) is 54.2 Å². The molecule has 1 amide bonds. The molecule has 3 rings (SSSR count). The first kappa shape index (κ1) is 19.1. The van der Waals surface area contributed by atoms with Gasteiger partial charge in [-0.05, 0) is 24.6 Å². The molecule has 5 nitrogen and oxygen atoms in total. The summed E-state index contributed by atoms with van der Waals surface area (Å²) in [6.07, 6.45) is 0. The van der Waals surface area contributed by atoms with E-state index in [0.717, 1.165) is 5.56 Å². The number of carbonyl (C=O) groups excluding carboxylic acids is 1. The van der Waals surface area contributed by atoms with Crippen LogP contribution < -0.4 is 0 Å². The van der Waals surface area contributed by atoms with Crippen LogP contribution in [0.25, 0.3) is 11.4 Å². The van der Waals surface area contributed by atoms with Crippen molar-refractivity contribution >= 4 is 17.7 Å². The van der Waals surface area contributed by atoms with Gasteiger partial charge in [-0.2, -0.15) is 0 Å². The molecular formula is C20H21FN4OS. The van der Waals surface area contributed by atoms with Crippen LogP contribution in [0, 0.1) is 5.82 Å². The lowest BCUT2D eigenvalue weighted by molar-refractivity contribution is -0.127. The van der Waals surface area contributed by atoms with Crippen molar-refractivity contribution in [1.29, 1.82) is 0 Å². The van der Waals surface area contributed by atoms with Gasteiger partial charge in [0.2, 0.25) is 5.91 Å². The number of halogens is 1. The molecule has 0 unspecified atom stereocenters. The normalized spacial score (nSPS) is 12.0. The van der Waals surface area contributed by atoms with E-state index in [4.69, 9.17) is 0 Å². The van der Waals surface area contributed by atoms with Crippen molar-refractivity contribution in [2.24, 2.45) is 0 Å². The lowest BCUT2D eigenvalue weighted by Crippen LogP contribution is -2.29. The summed E-state index contributed by atoms with van der Waals surface area (Å²) < 4.78 is 16.2. The van der Waals surface area contributed by atoms with Crippen molar-refractivity contribution in [3.05, 3.63) is 66.0 Å². The lowest BCUT2D eigenvalue weighted by Gasteiger charge is -2.17. The van der Waals surface area contributed by atoms with E-state index < -0.39 is 0 Å². The Morgan fingerprint density at radius 1 is 1.11 bits per heavy atom. The Hall–Kier alpha value is -2.67. The second-order valence-corrected chi connectivity index (χ2v) is 7.66. The van der Waals surface area contributed by atoms with Gasteiger partial charge >= 0.3 is 0 Å². The summed E-state index contributed by atoms with van der Waals surface area (Å²) in [6, 6.07) is 16.3. The van der Waals surface area contributed by atoms with E-state index >= 15 is 0 Å². The molecule has 1 heterocycles. The van der Waals surface area contributed by atoms with E-state index in [9.17, 15) is 9.18 Å². The van der Waals surface area contributed by atoms with E-state index in [2.05, 4.69) is 10.2 Å². The molecule has 7 heteroatoms. The van der Waals surface area contributed by atoms with Crippen molar-refractivity contribution in [3.8, 4) is 11.4 Å². The minimum absolute atomic E-state index is 0.0123. The van der Waals surface area contributed by atoms with E-state index in [1.165, 1.54) is 17.8 Å². The maximum Gasteiger partial charge on any atom is 0.235 e. The zero-order chi connectivity index (χ0) is 19.4. The molecule has 27 heavy (non-hydrogen) atoms. The summed E-state index contributed by atoms with van der Waals surface area (Å²) in [5.41, 5.74) is 1.43. The third-order valence-corrected chi connectivity index (χ3v) is 5.15. The molecule has 0 aliphatic heterocycles. The smallest absolute Gasteiger partial charge is 0.235 e. The average molecular weight is 384 g/mol. The van der Waals surface area contributed by atoms with Gasteiger partial charge in [0, 0.05) is 14.1 Å². The fraction of sp³-hybridized carbons (Fsp3) is 0.250. The average Bonchev–Trinajstić information content (AvgIpc) is 3.04. The molecule has 0 N–H and O–H groups in total. The van der Waals surface area contributed by atoms with Crippen molar-refractivity contribution in [2.75, 3.05) is 14.1 Å². The van der Waals surface area contributed by atoms with E-state index in [-0.39, 0.29) is 17.0 Å². The van der Waals surface area contributed by atoms with Gasteiger partial charge in [0.15, 0.2) is 11.0 Å². The molecule has 0 bridgehead atoms. The van der Waals surface area contributed by atoms with E-state index in [0.29, 0.717) is 23.1 Å². The van der Waals surface area contributed by atoms with Crippen LogP contribution in [0.15, 0.2) is 59.8 Å². The highest BCUT2D eigenvalue weighted by Gasteiger charge is 2.23. The highest BCUT2D eigenvalue weighted by Crippen LogP contribution is 2.29. The van der Waals surface area contributed by atoms with Crippen LogP contribution in [0.3, 0.4) is 0 Å². The second-order valence-electron chi connectivity index (χ2n) is 6.35. The maximum atomic E-state index is 14.4. The van der Waals surface area contributed by atoms with E-state index in [1.807, 2.05) is 41.8 Å². The SMILES string of the molecule is C[C@@H](Sc1nnc(-c2ccccc2F)n1Cc1ccccc1)C(=O)N(C)C. The number of amides is 1. The molecule has 1 atom stereocenters. The number of carbonyl (C=O) groups is 1. The van der Waals surface area contributed by atoms with Gasteiger partial charge in [-0.15, -0.1) is 10.2 Å². The van der Waals surface area contributed by atoms with Crippen molar-refractivity contribution in [2.45, 2.75) is 23.9 Å². The van der Waals surface area contributed by atoms with Crippen LogP contribution in [0.5, 0.6) is 0 Å². The molecule has 3 aromatic rings. The largest absolute Gasteiger partial charge is 0.348 e. The van der Waals surface area contributed by atoms with Crippen LogP contribution >= 0.6 is 11.8 Å². The molecule has 0 fully saturated rings. The van der Waals surface area contributed by atoms with Gasteiger partial charge in [-0.3, -0.25) is 9.36 Å². The first-order chi connectivity index (χ1) is 13.0. The van der Waals surface area contributed by atoms with Gasteiger partial charge in [0.05, 0.1) is 17.4 Å². The molecule has 0 aliphatic rings. The standard InChI is InChI=1S/C20H21FN4OS/c1-14(19(26)24(2)3)27-20-23-22-18(16-11-7-8-12-17(16)21)25(20)13-15-9-5-4-6-10-15/h4-12,14H,13H2,1-3H3/t14-/m1/s1. The zero-order valence-corrected chi connectivity index (χ0v) is 16.3. The van der Waals surface area contributed by atoms with Gasteiger partial charge in [-0.25, -0.2) is 4.39 Å². The molecule has 0 aliphatic carbocycles. The summed E-state index contributed by atoms with van der Waals surface area (Å²) in [4.78, 5) is 13.8. The minimum atomic E-state index is -0.354. The van der Waals surface area contributed by atoms with Crippen LogP contribution in [0.4, 0.5) is 4.39 Å². The number of aromatic nitrogens is 3. The first-order valence-corrected chi connectivity index (χ1v) is 9.45. The first-order valence-electron chi connectivity index (χ1n) is 8.57. The Morgan fingerprint density at radius 3 is 2.44 bits per heavy atom. The zero-order valence-electron chi connectivity index (χ0n) is 15.5. The number of nitrogens with zero attached hydrogens (tertiary/aromatic N) is 4. The van der Waals surface area contributed by atoms with Crippen molar-refractivity contribution in [1.82, 2.24) is 19.7 Å². The highest BCUT2D eigenvalue weighted by atomic mass is 32.2. The van der Waals surface area contributed by atoms with E-state index in [1.54, 1.807) is 37.2 Å². The number of thioether (sulfide) groups is 1. The topological polar surface area (TPSA) is 51.0 Å². The predicted octanol–water partition coefficient (Wildman–Crippen LogP) is 3.70. The molecular weight excluding hydrogens is 363 g/mol. The summed E-state index contributed by atoms with van der Waals surface area (Å²) >= 11 is 1.32. The fourth-order valence-corrected chi connectivity index (χ4v) is 3.69. The van der Waals surface area contributed by atoms with Gasteiger partial charge in [0.1, 0.15) is 5.82 Å². The summed E-state index contributed by atoms with van der Waals surface area (Å²) in [7, 11) is 3.44. The maximum absolute atomic E-state index is 14.4. The molecule has 0 spiro atoms. The summed E-state index contributed by atoms with van der Waals surface area (Å²) in [6.45, 7) is 2.32. The Morgan fingerprint density at radius 2 is 1.78 bits per heavy atom. The van der Waals surface area contributed by atoms with Crippen LogP contribution in [0.2, 0.25) is 0 Å². The Bertz CT molecular complexity index is 927. The van der Waals surface area contributed by atoms with Crippen molar-refractivity contribution in [3.63, 3.8) is 0 Å². The van der Waals surface area contributed by atoms with Crippen LogP contribution in [0.1, 0.15) is 12.5 Å². The third-order valence-electron chi connectivity index (χ3n) is 4.09. The van der Waals surface area contributed by atoms with Crippen LogP contribution in [-0.4, -0.2) is 44.9 Å². The highest BCUT2D eigenvalue weighted by molar-refractivity contribution is 8.00. The molecule has 0 saturated heterocycles. The molecule has 2 aromatic carbocycles. The second kappa shape index (κ2) is 8.35. The number of rotatable bonds is 6. The lowest BCUT2D eigenvalue weighted by atomic mass is 10.2. The van der Waals surface area contributed by atoms with Gasteiger partial charge in [0.25, 0.3) is 0 Å². The quantitative estimate of drug-likeness (QED) is 0.608. The van der Waals surface area contributed by atoms with Crippen LogP contribution in [-0.2, 0) is 11.3 Å². The minimum Gasteiger partial charge on any atom is -0.348 e. The number of hydrogen-bond donors (Lipinski definition) is 0. The Balaban J connectivity index is 2.01.